The largest absolute Gasteiger partial charge is 0.451 e. The molecule has 7 heteroatoms. The highest BCUT2D eigenvalue weighted by molar-refractivity contribution is 6.42. The van der Waals surface area contributed by atoms with E-state index in [-0.39, 0.29) is 6.04 Å². The third-order valence-electron chi connectivity index (χ3n) is 5.32. The van der Waals surface area contributed by atoms with Crippen molar-refractivity contribution in [1.29, 1.82) is 0 Å². The highest BCUT2D eigenvalue weighted by Crippen LogP contribution is 2.27. The van der Waals surface area contributed by atoms with E-state index in [0.717, 1.165) is 51.7 Å². The molecule has 1 unspecified atom stereocenters. The van der Waals surface area contributed by atoms with Gasteiger partial charge >= 0.3 is 7.12 Å². The lowest BCUT2D eigenvalue weighted by Crippen LogP contribution is -2.37. The van der Waals surface area contributed by atoms with Crippen LogP contribution in [0.4, 0.5) is 0 Å². The SMILES string of the molecule is NC(CCCCB(O)O)CCN1CCC(Cc2ccc(Cl)c(Cl)c2)CC1. The fourth-order valence-electron chi connectivity index (χ4n) is 3.64. The Morgan fingerprint density at radius 3 is 2.50 bits per heavy atom. The zero-order valence-corrected chi connectivity index (χ0v) is 16.9. The van der Waals surface area contributed by atoms with Crippen LogP contribution in [0.2, 0.25) is 16.4 Å². The Hall–Kier alpha value is -0.295. The molecule has 1 heterocycles. The highest BCUT2D eigenvalue weighted by Gasteiger charge is 2.20. The van der Waals surface area contributed by atoms with Crippen molar-refractivity contribution in [3.8, 4) is 0 Å². The molecule has 0 aliphatic carbocycles. The molecule has 1 atom stereocenters. The fourth-order valence-corrected chi connectivity index (χ4v) is 3.96. The van der Waals surface area contributed by atoms with Gasteiger partial charge in [0.05, 0.1) is 10.0 Å². The molecule has 0 saturated carbocycles. The van der Waals surface area contributed by atoms with E-state index in [1.807, 2.05) is 12.1 Å². The van der Waals surface area contributed by atoms with Crippen LogP contribution in [0.1, 0.15) is 44.1 Å². The average molecular weight is 401 g/mol. The fraction of sp³-hybridized carbons (Fsp3) is 0.684. The predicted molar refractivity (Wildman–Crippen MR) is 111 cm³/mol. The van der Waals surface area contributed by atoms with E-state index in [1.165, 1.54) is 18.4 Å². The third kappa shape index (κ3) is 8.16. The lowest BCUT2D eigenvalue weighted by atomic mass is 9.83. The summed E-state index contributed by atoms with van der Waals surface area (Å²) in [6.07, 6.45) is 7.70. The normalized spacial score (nSPS) is 17.4. The summed E-state index contributed by atoms with van der Waals surface area (Å²) in [5.74, 6) is 0.710. The molecule has 0 aromatic heterocycles. The topological polar surface area (TPSA) is 69.7 Å². The van der Waals surface area contributed by atoms with Crippen molar-refractivity contribution in [2.24, 2.45) is 11.7 Å². The van der Waals surface area contributed by atoms with Crippen LogP contribution < -0.4 is 5.73 Å². The summed E-state index contributed by atoms with van der Waals surface area (Å²) in [6, 6.07) is 6.16. The maximum atomic E-state index is 8.84. The number of hydrogen-bond donors (Lipinski definition) is 3. The minimum atomic E-state index is -1.18. The Morgan fingerprint density at radius 1 is 1.12 bits per heavy atom. The molecule has 146 valence electrons. The van der Waals surface area contributed by atoms with Crippen LogP contribution >= 0.6 is 23.2 Å². The number of rotatable bonds is 10. The zero-order chi connectivity index (χ0) is 18.9. The van der Waals surface area contributed by atoms with E-state index < -0.39 is 7.12 Å². The zero-order valence-electron chi connectivity index (χ0n) is 15.4. The Balaban J connectivity index is 1.60. The molecule has 26 heavy (non-hydrogen) atoms. The van der Waals surface area contributed by atoms with Crippen molar-refractivity contribution in [3.05, 3.63) is 33.8 Å². The molecule has 1 aromatic carbocycles. The van der Waals surface area contributed by atoms with Gasteiger partial charge in [-0.05, 0) is 81.7 Å². The van der Waals surface area contributed by atoms with Crippen molar-refractivity contribution in [2.45, 2.75) is 57.3 Å². The molecule has 1 fully saturated rings. The summed E-state index contributed by atoms with van der Waals surface area (Å²) in [6.45, 7) is 3.33. The minimum Gasteiger partial charge on any atom is -0.427 e. The summed E-state index contributed by atoms with van der Waals surface area (Å²) in [7, 11) is -1.18. The van der Waals surface area contributed by atoms with Crippen molar-refractivity contribution < 1.29 is 10.0 Å². The van der Waals surface area contributed by atoms with Crippen molar-refractivity contribution in [2.75, 3.05) is 19.6 Å². The third-order valence-corrected chi connectivity index (χ3v) is 6.06. The number of nitrogens with two attached hydrogens (primary N) is 1. The average Bonchev–Trinajstić information content (AvgIpc) is 2.61. The minimum absolute atomic E-state index is 0.208. The van der Waals surface area contributed by atoms with Gasteiger partial charge in [0.25, 0.3) is 0 Å². The molecular formula is C19H31BCl2N2O2. The Bertz CT molecular complexity index is 540. The van der Waals surface area contributed by atoms with Gasteiger partial charge in [-0.2, -0.15) is 0 Å². The quantitative estimate of drug-likeness (QED) is 0.414. The first-order valence-corrected chi connectivity index (χ1v) is 10.5. The van der Waals surface area contributed by atoms with E-state index in [0.29, 0.717) is 22.3 Å². The molecule has 0 bridgehead atoms. The van der Waals surface area contributed by atoms with Crippen molar-refractivity contribution >= 4 is 30.3 Å². The lowest BCUT2D eigenvalue weighted by molar-refractivity contribution is 0.178. The molecule has 1 aliphatic heterocycles. The summed E-state index contributed by atoms with van der Waals surface area (Å²) in [5.41, 5.74) is 7.46. The van der Waals surface area contributed by atoms with Crippen LogP contribution in [0.5, 0.6) is 0 Å². The molecular weight excluding hydrogens is 370 g/mol. The van der Waals surface area contributed by atoms with E-state index in [1.54, 1.807) is 0 Å². The summed E-state index contributed by atoms with van der Waals surface area (Å²) >= 11 is 12.1. The van der Waals surface area contributed by atoms with E-state index in [4.69, 9.17) is 39.0 Å². The second-order valence-corrected chi connectivity index (χ2v) is 8.37. The van der Waals surface area contributed by atoms with Crippen LogP contribution in [-0.4, -0.2) is 47.7 Å². The predicted octanol–water partition coefficient (Wildman–Crippen LogP) is 3.61. The van der Waals surface area contributed by atoms with Gasteiger partial charge in [-0.1, -0.05) is 42.1 Å². The van der Waals surface area contributed by atoms with Gasteiger partial charge in [0.15, 0.2) is 0 Å². The van der Waals surface area contributed by atoms with Crippen LogP contribution in [0, 0.1) is 5.92 Å². The van der Waals surface area contributed by atoms with Crippen molar-refractivity contribution in [1.82, 2.24) is 4.90 Å². The number of nitrogens with zero attached hydrogens (tertiary/aromatic N) is 1. The van der Waals surface area contributed by atoms with Crippen LogP contribution in [-0.2, 0) is 6.42 Å². The van der Waals surface area contributed by atoms with Crippen LogP contribution in [0.3, 0.4) is 0 Å². The smallest absolute Gasteiger partial charge is 0.427 e. The molecule has 0 spiro atoms. The first-order valence-electron chi connectivity index (χ1n) is 9.72. The molecule has 0 amide bonds. The van der Waals surface area contributed by atoms with Crippen molar-refractivity contribution in [3.63, 3.8) is 0 Å². The second kappa shape index (κ2) is 11.5. The number of piperidine rings is 1. The van der Waals surface area contributed by atoms with Gasteiger partial charge < -0.3 is 20.7 Å². The lowest BCUT2D eigenvalue weighted by Gasteiger charge is -2.32. The number of likely N-dealkylation sites (tertiary alicyclic amines) is 1. The first-order chi connectivity index (χ1) is 12.4. The number of benzene rings is 1. The van der Waals surface area contributed by atoms with Crippen LogP contribution in [0.25, 0.3) is 0 Å². The van der Waals surface area contributed by atoms with Gasteiger partial charge in [0, 0.05) is 6.04 Å². The van der Waals surface area contributed by atoms with E-state index in [2.05, 4.69) is 11.0 Å². The molecule has 4 nitrogen and oxygen atoms in total. The Morgan fingerprint density at radius 2 is 1.85 bits per heavy atom. The van der Waals surface area contributed by atoms with E-state index >= 15 is 0 Å². The second-order valence-electron chi connectivity index (χ2n) is 7.55. The van der Waals surface area contributed by atoms with E-state index in [9.17, 15) is 0 Å². The number of hydrogen-bond acceptors (Lipinski definition) is 4. The van der Waals surface area contributed by atoms with Gasteiger partial charge in [-0.3, -0.25) is 0 Å². The first kappa shape index (κ1) is 22.0. The maximum absolute atomic E-state index is 8.84. The Kier molecular flexibility index (Phi) is 9.75. The van der Waals surface area contributed by atoms with Gasteiger partial charge in [-0.25, -0.2) is 0 Å². The summed E-state index contributed by atoms with van der Waals surface area (Å²) in [4.78, 5) is 2.52. The summed E-state index contributed by atoms with van der Waals surface area (Å²) < 4.78 is 0. The van der Waals surface area contributed by atoms with Gasteiger partial charge in [-0.15, -0.1) is 0 Å². The molecule has 1 saturated heterocycles. The number of unbranched alkanes of at least 4 members (excludes halogenated alkanes) is 1. The number of halogens is 2. The van der Waals surface area contributed by atoms with Gasteiger partial charge in [0.1, 0.15) is 0 Å². The van der Waals surface area contributed by atoms with Gasteiger partial charge in [0.2, 0.25) is 0 Å². The molecule has 1 aliphatic rings. The standard InChI is InChI=1S/C19H31BCl2N2O2/c21-18-5-4-16(14-19(18)22)13-15-6-10-24(11-7-15)12-8-17(23)3-1-2-9-20(25)26/h4-5,14-15,17,25-26H,1-3,6-13,23H2. The monoisotopic (exact) mass is 400 g/mol. The maximum Gasteiger partial charge on any atom is 0.451 e. The highest BCUT2D eigenvalue weighted by atomic mass is 35.5. The summed E-state index contributed by atoms with van der Waals surface area (Å²) in [5, 5.41) is 18.9. The molecule has 0 radical (unpaired) electrons. The molecule has 1 aromatic rings. The Labute approximate surface area is 167 Å². The van der Waals surface area contributed by atoms with Crippen LogP contribution in [0.15, 0.2) is 18.2 Å². The molecule has 2 rings (SSSR count). The molecule has 4 N–H and O–H groups in total.